The number of benzene rings is 1. The molecule has 4 nitrogen and oxygen atoms in total. The molecule has 0 aliphatic rings. The highest BCUT2D eigenvalue weighted by atomic mass is 19.3. The van der Waals surface area contributed by atoms with Gasteiger partial charge in [0.1, 0.15) is 11.6 Å². The molecule has 0 unspecified atom stereocenters. The number of ether oxygens (including phenoxy) is 1. The SMILES string of the molecule is NN=C(N)C=Cc1ccc(OCC(F)(F)C(F)F)cc1. The van der Waals surface area contributed by atoms with Gasteiger partial charge in [-0.3, -0.25) is 0 Å². The third-order valence-electron chi connectivity index (χ3n) is 2.23. The first kappa shape index (κ1) is 15.8. The fraction of sp³-hybridized carbons (Fsp3) is 0.250. The number of nitrogens with zero attached hydrogens (tertiary/aromatic N) is 1. The van der Waals surface area contributed by atoms with E-state index >= 15 is 0 Å². The van der Waals surface area contributed by atoms with Crippen molar-refractivity contribution in [3.8, 4) is 5.75 Å². The summed E-state index contributed by atoms with van der Waals surface area (Å²) in [6.45, 7) is -1.38. The Hall–Kier alpha value is -2.25. The molecule has 20 heavy (non-hydrogen) atoms. The highest BCUT2D eigenvalue weighted by molar-refractivity contribution is 5.94. The van der Waals surface area contributed by atoms with Gasteiger partial charge in [0.2, 0.25) is 0 Å². The number of rotatable bonds is 6. The molecule has 0 saturated heterocycles. The zero-order valence-corrected chi connectivity index (χ0v) is 10.3. The van der Waals surface area contributed by atoms with Gasteiger partial charge >= 0.3 is 12.3 Å². The van der Waals surface area contributed by atoms with Gasteiger partial charge in [-0.25, -0.2) is 8.78 Å². The number of hydrazone groups is 1. The smallest absolute Gasteiger partial charge is 0.340 e. The van der Waals surface area contributed by atoms with Gasteiger partial charge in [-0.15, -0.1) is 0 Å². The summed E-state index contributed by atoms with van der Waals surface area (Å²) in [6, 6.07) is 5.82. The Balaban J connectivity index is 2.62. The number of hydrogen-bond donors (Lipinski definition) is 2. The van der Waals surface area contributed by atoms with Crippen molar-refractivity contribution in [1.29, 1.82) is 0 Å². The molecule has 0 bridgehead atoms. The fourth-order valence-electron chi connectivity index (χ4n) is 1.14. The summed E-state index contributed by atoms with van der Waals surface area (Å²) in [5.74, 6) is 0.920. The van der Waals surface area contributed by atoms with Crippen LogP contribution in [-0.2, 0) is 0 Å². The van der Waals surface area contributed by atoms with Crippen LogP contribution in [-0.4, -0.2) is 24.8 Å². The lowest BCUT2D eigenvalue weighted by molar-refractivity contribution is -0.148. The normalized spacial score (nSPS) is 13.2. The van der Waals surface area contributed by atoms with E-state index in [1.54, 1.807) is 6.08 Å². The number of amidine groups is 1. The third-order valence-corrected chi connectivity index (χ3v) is 2.23. The summed E-state index contributed by atoms with van der Waals surface area (Å²) in [6.07, 6.45) is -0.729. The molecule has 0 spiro atoms. The standard InChI is InChI=1S/C12H13F4N3O/c13-11(14)12(15,16)7-20-9-4-1-8(2-5-9)3-6-10(17)19-18/h1-6,11H,7,18H2,(H2,17,19). The Labute approximate surface area is 112 Å². The largest absolute Gasteiger partial charge is 0.487 e. The lowest BCUT2D eigenvalue weighted by Crippen LogP contribution is -2.33. The van der Waals surface area contributed by atoms with Crippen molar-refractivity contribution in [2.24, 2.45) is 16.7 Å². The van der Waals surface area contributed by atoms with Crippen molar-refractivity contribution < 1.29 is 22.3 Å². The maximum atomic E-state index is 12.6. The first-order chi connectivity index (χ1) is 9.35. The zero-order valence-electron chi connectivity index (χ0n) is 10.3. The molecule has 0 radical (unpaired) electrons. The molecule has 0 fully saturated rings. The maximum absolute atomic E-state index is 12.6. The van der Waals surface area contributed by atoms with E-state index < -0.39 is 19.0 Å². The monoisotopic (exact) mass is 291 g/mol. The molecular weight excluding hydrogens is 278 g/mol. The molecule has 0 aliphatic heterocycles. The van der Waals surface area contributed by atoms with E-state index in [4.69, 9.17) is 11.6 Å². The number of nitrogens with two attached hydrogens (primary N) is 2. The van der Waals surface area contributed by atoms with Gasteiger partial charge in [-0.05, 0) is 23.8 Å². The Morgan fingerprint density at radius 1 is 1.30 bits per heavy atom. The molecule has 0 aromatic heterocycles. The Morgan fingerprint density at radius 3 is 2.40 bits per heavy atom. The first-order valence-electron chi connectivity index (χ1n) is 5.45. The van der Waals surface area contributed by atoms with Crippen molar-refractivity contribution in [2.75, 3.05) is 6.61 Å². The predicted octanol–water partition coefficient (Wildman–Crippen LogP) is 2.21. The quantitative estimate of drug-likeness (QED) is 0.277. The highest BCUT2D eigenvalue weighted by Gasteiger charge is 2.41. The average Bonchev–Trinajstić information content (AvgIpc) is 2.43. The highest BCUT2D eigenvalue weighted by Crippen LogP contribution is 2.24. The molecule has 1 aromatic carbocycles. The van der Waals surface area contributed by atoms with Gasteiger partial charge in [0.05, 0.1) is 0 Å². The summed E-state index contributed by atoms with van der Waals surface area (Å²) in [5.41, 5.74) is 6.02. The summed E-state index contributed by atoms with van der Waals surface area (Å²) in [7, 11) is 0. The summed E-state index contributed by atoms with van der Waals surface area (Å²) in [5, 5.41) is 3.22. The second-order valence-corrected chi connectivity index (χ2v) is 3.81. The topological polar surface area (TPSA) is 73.6 Å². The van der Waals surface area contributed by atoms with Gasteiger partial charge in [0.15, 0.2) is 6.61 Å². The van der Waals surface area contributed by atoms with Crippen LogP contribution in [0.25, 0.3) is 6.08 Å². The van der Waals surface area contributed by atoms with Crippen LogP contribution in [0, 0.1) is 0 Å². The lowest BCUT2D eigenvalue weighted by Gasteiger charge is -2.15. The molecule has 1 rings (SSSR count). The van der Waals surface area contributed by atoms with E-state index in [1.807, 2.05) is 0 Å². The molecule has 0 amide bonds. The molecule has 1 aromatic rings. The van der Waals surface area contributed by atoms with Crippen molar-refractivity contribution >= 4 is 11.9 Å². The minimum Gasteiger partial charge on any atom is -0.487 e. The number of hydrogen-bond acceptors (Lipinski definition) is 3. The van der Waals surface area contributed by atoms with E-state index in [0.29, 0.717) is 5.56 Å². The molecule has 8 heteroatoms. The van der Waals surface area contributed by atoms with E-state index in [2.05, 4.69) is 9.84 Å². The maximum Gasteiger partial charge on any atom is 0.340 e. The summed E-state index contributed by atoms with van der Waals surface area (Å²) < 4.78 is 53.7. The molecule has 0 saturated carbocycles. The second kappa shape index (κ2) is 6.78. The average molecular weight is 291 g/mol. The minimum absolute atomic E-state index is 0.0583. The van der Waals surface area contributed by atoms with Crippen LogP contribution in [0.5, 0.6) is 5.75 Å². The minimum atomic E-state index is -4.18. The van der Waals surface area contributed by atoms with Gasteiger partial charge in [0.25, 0.3) is 0 Å². The van der Waals surface area contributed by atoms with Crippen LogP contribution in [0.15, 0.2) is 35.4 Å². The van der Waals surface area contributed by atoms with Gasteiger partial charge in [-0.1, -0.05) is 18.2 Å². The molecule has 110 valence electrons. The van der Waals surface area contributed by atoms with Crippen molar-refractivity contribution in [2.45, 2.75) is 12.3 Å². The van der Waals surface area contributed by atoms with Crippen LogP contribution in [0.4, 0.5) is 17.6 Å². The van der Waals surface area contributed by atoms with E-state index in [9.17, 15) is 17.6 Å². The molecule has 4 N–H and O–H groups in total. The predicted molar refractivity (Wildman–Crippen MR) is 67.7 cm³/mol. The Bertz CT molecular complexity index is 486. The molecular formula is C12H13F4N3O. The van der Waals surface area contributed by atoms with Crippen molar-refractivity contribution in [3.63, 3.8) is 0 Å². The molecule has 0 aliphatic carbocycles. The second-order valence-electron chi connectivity index (χ2n) is 3.81. The molecule has 0 heterocycles. The van der Waals surface area contributed by atoms with Gasteiger partial charge in [0, 0.05) is 0 Å². The van der Waals surface area contributed by atoms with Gasteiger partial charge < -0.3 is 16.3 Å². The fourth-order valence-corrected chi connectivity index (χ4v) is 1.14. The van der Waals surface area contributed by atoms with Crippen molar-refractivity contribution in [1.82, 2.24) is 0 Å². The van der Waals surface area contributed by atoms with Gasteiger partial charge in [-0.2, -0.15) is 13.9 Å². The van der Waals surface area contributed by atoms with Crippen LogP contribution in [0.3, 0.4) is 0 Å². The van der Waals surface area contributed by atoms with Crippen LogP contribution < -0.4 is 16.3 Å². The summed E-state index contributed by atoms with van der Waals surface area (Å²) in [4.78, 5) is 0. The van der Waals surface area contributed by atoms with Crippen molar-refractivity contribution in [3.05, 3.63) is 35.9 Å². The Kier molecular flexibility index (Phi) is 5.36. The van der Waals surface area contributed by atoms with Crippen LogP contribution >= 0.6 is 0 Å². The van der Waals surface area contributed by atoms with E-state index in [-0.39, 0.29) is 11.6 Å². The Morgan fingerprint density at radius 2 is 1.90 bits per heavy atom. The van der Waals surface area contributed by atoms with Crippen LogP contribution in [0.2, 0.25) is 0 Å². The van der Waals surface area contributed by atoms with E-state index in [1.165, 1.54) is 30.3 Å². The molecule has 0 atom stereocenters. The number of halogens is 4. The lowest BCUT2D eigenvalue weighted by atomic mass is 10.2. The van der Waals surface area contributed by atoms with E-state index in [0.717, 1.165) is 0 Å². The first-order valence-corrected chi connectivity index (χ1v) is 5.45. The van der Waals surface area contributed by atoms with Crippen LogP contribution in [0.1, 0.15) is 5.56 Å². The third kappa shape index (κ3) is 4.79. The zero-order chi connectivity index (χ0) is 15.2. The summed E-state index contributed by atoms with van der Waals surface area (Å²) >= 11 is 0. The number of alkyl halides is 4.